The van der Waals surface area contributed by atoms with Gasteiger partial charge < -0.3 is 10.5 Å². The summed E-state index contributed by atoms with van der Waals surface area (Å²) in [6.07, 6.45) is 0. The summed E-state index contributed by atoms with van der Waals surface area (Å²) in [7, 11) is 0. The lowest BCUT2D eigenvalue weighted by Crippen LogP contribution is -2.17. The summed E-state index contributed by atoms with van der Waals surface area (Å²) in [4.78, 5) is 1.12. The van der Waals surface area contributed by atoms with Gasteiger partial charge in [0.15, 0.2) is 0 Å². The zero-order chi connectivity index (χ0) is 11.4. The Bertz CT molecular complexity index is 444. The topological polar surface area (TPSA) is 35.2 Å². The van der Waals surface area contributed by atoms with Crippen LogP contribution in [0.4, 0.5) is 0 Å². The Morgan fingerprint density at radius 2 is 2.06 bits per heavy atom. The SMILES string of the molecule is NC(COc1ccccc1Cl)c1cccs1. The van der Waals surface area contributed by atoms with Crippen molar-refractivity contribution in [3.8, 4) is 5.75 Å². The van der Waals surface area contributed by atoms with Gasteiger partial charge in [-0.2, -0.15) is 0 Å². The van der Waals surface area contributed by atoms with Gasteiger partial charge in [-0.3, -0.25) is 0 Å². The second-order valence-corrected chi connectivity index (χ2v) is 4.75. The van der Waals surface area contributed by atoms with E-state index in [0.717, 1.165) is 4.88 Å². The van der Waals surface area contributed by atoms with Crippen LogP contribution in [0, 0.1) is 0 Å². The highest BCUT2D eigenvalue weighted by Gasteiger charge is 2.08. The number of nitrogens with two attached hydrogens (primary N) is 1. The lowest BCUT2D eigenvalue weighted by atomic mass is 10.3. The number of benzene rings is 1. The van der Waals surface area contributed by atoms with E-state index in [2.05, 4.69) is 0 Å². The predicted molar refractivity (Wildman–Crippen MR) is 68.2 cm³/mol. The number of thiophene rings is 1. The lowest BCUT2D eigenvalue weighted by Gasteiger charge is -2.12. The molecule has 0 saturated heterocycles. The molecule has 84 valence electrons. The zero-order valence-electron chi connectivity index (χ0n) is 8.60. The van der Waals surface area contributed by atoms with Crippen LogP contribution in [0.3, 0.4) is 0 Å². The molecule has 0 amide bonds. The molecule has 2 aromatic rings. The van der Waals surface area contributed by atoms with Gasteiger partial charge in [0.25, 0.3) is 0 Å². The minimum Gasteiger partial charge on any atom is -0.490 e. The molecule has 4 heteroatoms. The van der Waals surface area contributed by atoms with Gasteiger partial charge in [0.1, 0.15) is 12.4 Å². The Kier molecular flexibility index (Phi) is 3.83. The van der Waals surface area contributed by atoms with E-state index in [1.807, 2.05) is 35.7 Å². The number of hydrogen-bond donors (Lipinski definition) is 1. The molecule has 2 nitrogen and oxygen atoms in total. The van der Waals surface area contributed by atoms with Crippen LogP contribution in [-0.4, -0.2) is 6.61 Å². The molecule has 1 aromatic heterocycles. The second kappa shape index (κ2) is 5.34. The van der Waals surface area contributed by atoms with Gasteiger partial charge in [-0.1, -0.05) is 29.8 Å². The maximum atomic E-state index is 5.98. The molecule has 2 N–H and O–H groups in total. The first-order chi connectivity index (χ1) is 7.77. The highest BCUT2D eigenvalue weighted by molar-refractivity contribution is 7.10. The third-order valence-electron chi connectivity index (χ3n) is 2.16. The molecule has 0 aliphatic rings. The first-order valence-electron chi connectivity index (χ1n) is 4.93. The molecule has 0 saturated carbocycles. The average molecular weight is 254 g/mol. The number of rotatable bonds is 4. The van der Waals surface area contributed by atoms with Crippen molar-refractivity contribution in [1.82, 2.24) is 0 Å². The summed E-state index contributed by atoms with van der Waals surface area (Å²) in [5, 5.41) is 2.62. The van der Waals surface area contributed by atoms with Crippen molar-refractivity contribution in [2.75, 3.05) is 6.61 Å². The monoisotopic (exact) mass is 253 g/mol. The van der Waals surface area contributed by atoms with Crippen molar-refractivity contribution < 1.29 is 4.74 Å². The molecule has 1 aromatic carbocycles. The molecule has 1 heterocycles. The lowest BCUT2D eigenvalue weighted by molar-refractivity contribution is 0.292. The van der Waals surface area contributed by atoms with Crippen molar-refractivity contribution in [2.45, 2.75) is 6.04 Å². The fraction of sp³-hybridized carbons (Fsp3) is 0.167. The van der Waals surface area contributed by atoms with Crippen molar-refractivity contribution >= 4 is 22.9 Å². The van der Waals surface area contributed by atoms with Gasteiger partial charge in [0.2, 0.25) is 0 Å². The molecule has 1 unspecified atom stereocenters. The van der Waals surface area contributed by atoms with Crippen LogP contribution in [0.25, 0.3) is 0 Å². The first-order valence-corrected chi connectivity index (χ1v) is 6.19. The summed E-state index contributed by atoms with van der Waals surface area (Å²) in [6.45, 7) is 0.435. The van der Waals surface area contributed by atoms with Gasteiger partial charge in [0.05, 0.1) is 11.1 Å². The highest BCUT2D eigenvalue weighted by Crippen LogP contribution is 2.25. The molecule has 0 aliphatic carbocycles. The first kappa shape index (κ1) is 11.5. The van der Waals surface area contributed by atoms with E-state index in [4.69, 9.17) is 22.1 Å². The van der Waals surface area contributed by atoms with E-state index in [9.17, 15) is 0 Å². The zero-order valence-corrected chi connectivity index (χ0v) is 10.2. The summed E-state index contributed by atoms with van der Waals surface area (Å²) >= 11 is 7.60. The molecule has 2 rings (SSSR count). The Morgan fingerprint density at radius 3 is 2.75 bits per heavy atom. The van der Waals surface area contributed by atoms with Gasteiger partial charge in [-0.05, 0) is 23.6 Å². The normalized spacial score (nSPS) is 12.4. The van der Waals surface area contributed by atoms with Crippen LogP contribution in [0.2, 0.25) is 5.02 Å². The Morgan fingerprint density at radius 1 is 1.25 bits per heavy atom. The Hall–Kier alpha value is -1.03. The van der Waals surface area contributed by atoms with Crippen LogP contribution in [0.1, 0.15) is 10.9 Å². The molecular weight excluding hydrogens is 242 g/mol. The number of hydrogen-bond acceptors (Lipinski definition) is 3. The van der Waals surface area contributed by atoms with E-state index in [1.54, 1.807) is 17.4 Å². The second-order valence-electron chi connectivity index (χ2n) is 3.36. The van der Waals surface area contributed by atoms with Gasteiger partial charge in [-0.25, -0.2) is 0 Å². The van der Waals surface area contributed by atoms with Crippen LogP contribution in [0.15, 0.2) is 41.8 Å². The van der Waals surface area contributed by atoms with Crippen molar-refractivity contribution in [2.24, 2.45) is 5.73 Å². The van der Waals surface area contributed by atoms with E-state index >= 15 is 0 Å². The molecule has 0 spiro atoms. The maximum Gasteiger partial charge on any atom is 0.137 e. The molecule has 0 aliphatic heterocycles. The van der Waals surface area contributed by atoms with E-state index in [0.29, 0.717) is 17.4 Å². The van der Waals surface area contributed by atoms with E-state index in [1.165, 1.54) is 0 Å². The van der Waals surface area contributed by atoms with Gasteiger partial charge in [0, 0.05) is 4.88 Å². The highest BCUT2D eigenvalue weighted by atomic mass is 35.5. The number of halogens is 1. The summed E-state index contributed by atoms with van der Waals surface area (Å²) < 4.78 is 5.57. The van der Waals surface area contributed by atoms with Crippen LogP contribution < -0.4 is 10.5 Å². The molecule has 0 bridgehead atoms. The van der Waals surface area contributed by atoms with Crippen LogP contribution >= 0.6 is 22.9 Å². The summed E-state index contributed by atoms with van der Waals surface area (Å²) in [5.74, 6) is 0.677. The molecule has 0 radical (unpaired) electrons. The Balaban J connectivity index is 1.95. The predicted octanol–water partition coefficient (Wildman–Crippen LogP) is 3.48. The van der Waals surface area contributed by atoms with Gasteiger partial charge >= 0.3 is 0 Å². The van der Waals surface area contributed by atoms with Crippen LogP contribution in [0.5, 0.6) is 5.75 Å². The minimum absolute atomic E-state index is 0.101. The third kappa shape index (κ3) is 2.76. The van der Waals surface area contributed by atoms with Crippen molar-refractivity contribution in [3.63, 3.8) is 0 Å². The number of para-hydroxylation sites is 1. The van der Waals surface area contributed by atoms with E-state index in [-0.39, 0.29) is 6.04 Å². The smallest absolute Gasteiger partial charge is 0.137 e. The van der Waals surface area contributed by atoms with Crippen molar-refractivity contribution in [3.05, 3.63) is 51.7 Å². The standard InChI is InChI=1S/C12H12ClNOS/c13-9-4-1-2-5-11(9)15-8-10(14)12-6-3-7-16-12/h1-7,10H,8,14H2. The Labute approximate surface area is 104 Å². The molecule has 0 fully saturated rings. The third-order valence-corrected chi connectivity index (χ3v) is 3.48. The summed E-state index contributed by atoms with van der Waals surface area (Å²) in [6, 6.07) is 11.3. The van der Waals surface area contributed by atoms with Crippen LogP contribution in [-0.2, 0) is 0 Å². The summed E-state index contributed by atoms with van der Waals surface area (Å²) in [5.41, 5.74) is 5.98. The quantitative estimate of drug-likeness (QED) is 0.906. The largest absolute Gasteiger partial charge is 0.490 e. The fourth-order valence-corrected chi connectivity index (χ4v) is 2.23. The van der Waals surface area contributed by atoms with Gasteiger partial charge in [-0.15, -0.1) is 11.3 Å². The number of ether oxygens (including phenoxy) is 1. The van der Waals surface area contributed by atoms with E-state index < -0.39 is 0 Å². The minimum atomic E-state index is -0.101. The molecular formula is C12H12ClNOS. The molecule has 16 heavy (non-hydrogen) atoms. The maximum absolute atomic E-state index is 5.98. The molecule has 1 atom stereocenters. The fourth-order valence-electron chi connectivity index (χ4n) is 1.33. The average Bonchev–Trinajstić information content (AvgIpc) is 2.81. The van der Waals surface area contributed by atoms with Crippen molar-refractivity contribution in [1.29, 1.82) is 0 Å².